The molecular formula is C17H26BrN. The number of hydrogen-bond donors (Lipinski definition) is 1. The minimum absolute atomic E-state index is 0.518. The topological polar surface area (TPSA) is 12.0 Å². The van der Waals surface area contributed by atoms with Gasteiger partial charge in [-0.25, -0.2) is 0 Å². The van der Waals surface area contributed by atoms with E-state index in [1.807, 2.05) is 0 Å². The third kappa shape index (κ3) is 3.61. The van der Waals surface area contributed by atoms with Crippen molar-refractivity contribution < 1.29 is 0 Å². The van der Waals surface area contributed by atoms with E-state index in [1.54, 1.807) is 0 Å². The highest BCUT2D eigenvalue weighted by atomic mass is 79.9. The zero-order valence-electron chi connectivity index (χ0n) is 12.4. The Hall–Kier alpha value is -0.340. The molecule has 0 aliphatic heterocycles. The Labute approximate surface area is 126 Å². The summed E-state index contributed by atoms with van der Waals surface area (Å²) >= 11 is 3.59. The van der Waals surface area contributed by atoms with Crippen LogP contribution in [0.2, 0.25) is 0 Å². The number of hydrogen-bond acceptors (Lipinski definition) is 1. The summed E-state index contributed by atoms with van der Waals surface area (Å²) in [5.41, 5.74) is 2.78. The van der Waals surface area contributed by atoms with Gasteiger partial charge in [0.15, 0.2) is 0 Å². The molecule has 0 amide bonds. The van der Waals surface area contributed by atoms with Crippen LogP contribution in [-0.4, -0.2) is 7.05 Å². The molecule has 1 aromatic carbocycles. The number of benzene rings is 1. The molecular weight excluding hydrogens is 298 g/mol. The highest BCUT2D eigenvalue weighted by Crippen LogP contribution is 2.38. The first-order valence-corrected chi connectivity index (χ1v) is 8.38. The molecule has 1 unspecified atom stereocenters. The van der Waals surface area contributed by atoms with Gasteiger partial charge in [0.1, 0.15) is 0 Å². The van der Waals surface area contributed by atoms with Crippen LogP contribution in [0.5, 0.6) is 0 Å². The molecule has 1 fully saturated rings. The molecule has 19 heavy (non-hydrogen) atoms. The maximum absolute atomic E-state index is 3.59. The van der Waals surface area contributed by atoms with Crippen LogP contribution in [0, 0.1) is 18.8 Å². The zero-order valence-corrected chi connectivity index (χ0v) is 14.0. The standard InChI is InChI=1S/C17H26BrN/c1-4-13-5-7-14(8-6-13)17(19-3)15-9-10-16(18)12(2)11-15/h9-11,13-14,17,19H,4-8H2,1-3H3. The molecule has 1 aliphatic carbocycles. The third-order valence-corrected chi connectivity index (χ3v) is 5.68. The molecule has 0 radical (unpaired) electrons. The second kappa shape index (κ2) is 6.90. The minimum atomic E-state index is 0.518. The van der Waals surface area contributed by atoms with Crippen LogP contribution < -0.4 is 5.32 Å². The van der Waals surface area contributed by atoms with Gasteiger partial charge in [-0.15, -0.1) is 0 Å². The second-order valence-corrected chi connectivity index (χ2v) is 6.82. The quantitative estimate of drug-likeness (QED) is 0.799. The van der Waals surface area contributed by atoms with E-state index in [-0.39, 0.29) is 0 Å². The van der Waals surface area contributed by atoms with Crippen LogP contribution in [0.15, 0.2) is 22.7 Å². The van der Waals surface area contributed by atoms with E-state index >= 15 is 0 Å². The lowest BCUT2D eigenvalue weighted by Gasteiger charge is -2.34. The molecule has 1 atom stereocenters. The van der Waals surface area contributed by atoms with Gasteiger partial charge < -0.3 is 5.32 Å². The molecule has 1 nitrogen and oxygen atoms in total. The monoisotopic (exact) mass is 323 g/mol. The van der Waals surface area contributed by atoms with E-state index in [1.165, 1.54) is 47.7 Å². The van der Waals surface area contributed by atoms with E-state index in [0.717, 1.165) is 11.8 Å². The summed E-state index contributed by atoms with van der Waals surface area (Å²) < 4.78 is 1.21. The fraction of sp³-hybridized carbons (Fsp3) is 0.647. The Bertz CT molecular complexity index is 408. The van der Waals surface area contributed by atoms with Gasteiger partial charge in [0, 0.05) is 10.5 Å². The van der Waals surface area contributed by atoms with Crippen molar-refractivity contribution in [3.05, 3.63) is 33.8 Å². The van der Waals surface area contributed by atoms with Gasteiger partial charge in [-0.05, 0) is 55.8 Å². The summed E-state index contributed by atoms with van der Waals surface area (Å²) in [6, 6.07) is 7.30. The molecule has 2 rings (SSSR count). The lowest BCUT2D eigenvalue weighted by atomic mass is 9.76. The van der Waals surface area contributed by atoms with Crippen LogP contribution in [0.25, 0.3) is 0 Å². The molecule has 1 aliphatic rings. The zero-order chi connectivity index (χ0) is 13.8. The summed E-state index contributed by atoms with van der Waals surface area (Å²) in [7, 11) is 2.11. The maximum atomic E-state index is 3.59. The predicted octanol–water partition coefficient (Wildman–Crippen LogP) is 5.23. The van der Waals surface area contributed by atoms with Gasteiger partial charge in [-0.2, -0.15) is 0 Å². The molecule has 1 N–H and O–H groups in total. The molecule has 1 saturated carbocycles. The number of aryl methyl sites for hydroxylation is 1. The van der Waals surface area contributed by atoms with Gasteiger partial charge in [0.2, 0.25) is 0 Å². The van der Waals surface area contributed by atoms with E-state index in [0.29, 0.717) is 6.04 Å². The normalized spacial score (nSPS) is 25.3. The number of rotatable bonds is 4. The highest BCUT2D eigenvalue weighted by molar-refractivity contribution is 9.10. The lowest BCUT2D eigenvalue weighted by molar-refractivity contribution is 0.224. The molecule has 0 bridgehead atoms. The Morgan fingerprint density at radius 3 is 2.47 bits per heavy atom. The molecule has 2 heteroatoms. The van der Waals surface area contributed by atoms with E-state index in [2.05, 4.69) is 60.3 Å². The Morgan fingerprint density at radius 2 is 1.95 bits per heavy atom. The average molecular weight is 324 g/mol. The first-order valence-electron chi connectivity index (χ1n) is 7.59. The van der Waals surface area contributed by atoms with Crippen LogP contribution in [0.3, 0.4) is 0 Å². The SMILES string of the molecule is CCC1CCC(C(NC)c2ccc(Br)c(C)c2)CC1. The Kier molecular flexibility index (Phi) is 5.47. The smallest absolute Gasteiger partial charge is 0.0346 e. The van der Waals surface area contributed by atoms with Crippen LogP contribution in [0.1, 0.15) is 56.2 Å². The van der Waals surface area contributed by atoms with Gasteiger partial charge in [0.05, 0.1) is 0 Å². The average Bonchev–Trinajstić information content (AvgIpc) is 2.44. The summed E-state index contributed by atoms with van der Waals surface area (Å²) in [6.07, 6.45) is 6.93. The van der Waals surface area contributed by atoms with Gasteiger partial charge in [-0.3, -0.25) is 0 Å². The van der Waals surface area contributed by atoms with Gasteiger partial charge in [0.25, 0.3) is 0 Å². The summed E-state index contributed by atoms with van der Waals surface area (Å²) in [5.74, 6) is 1.77. The first kappa shape index (κ1) is 15.1. The van der Waals surface area contributed by atoms with Crippen molar-refractivity contribution in [2.24, 2.45) is 11.8 Å². The first-order chi connectivity index (χ1) is 9.15. The van der Waals surface area contributed by atoms with Crippen molar-refractivity contribution in [2.75, 3.05) is 7.05 Å². The molecule has 106 valence electrons. The second-order valence-electron chi connectivity index (χ2n) is 5.96. The van der Waals surface area contributed by atoms with Crippen molar-refractivity contribution in [1.29, 1.82) is 0 Å². The van der Waals surface area contributed by atoms with Crippen LogP contribution >= 0.6 is 15.9 Å². The van der Waals surface area contributed by atoms with Crippen molar-refractivity contribution in [3.63, 3.8) is 0 Å². The van der Waals surface area contributed by atoms with Crippen LogP contribution in [-0.2, 0) is 0 Å². The van der Waals surface area contributed by atoms with E-state index in [9.17, 15) is 0 Å². The lowest BCUT2D eigenvalue weighted by Crippen LogP contribution is -2.28. The number of nitrogens with one attached hydrogen (secondary N) is 1. The maximum Gasteiger partial charge on any atom is 0.0346 e. The number of halogens is 1. The predicted molar refractivity (Wildman–Crippen MR) is 86.4 cm³/mol. The Balaban J connectivity index is 2.09. The van der Waals surface area contributed by atoms with Crippen molar-refractivity contribution >= 4 is 15.9 Å². The van der Waals surface area contributed by atoms with Crippen LogP contribution in [0.4, 0.5) is 0 Å². The summed E-state index contributed by atoms with van der Waals surface area (Å²) in [6.45, 7) is 4.51. The Morgan fingerprint density at radius 1 is 1.26 bits per heavy atom. The minimum Gasteiger partial charge on any atom is -0.313 e. The third-order valence-electron chi connectivity index (χ3n) is 4.79. The molecule has 0 aromatic heterocycles. The van der Waals surface area contributed by atoms with Crippen molar-refractivity contribution in [3.8, 4) is 0 Å². The van der Waals surface area contributed by atoms with E-state index < -0.39 is 0 Å². The fourth-order valence-electron chi connectivity index (χ4n) is 3.47. The van der Waals surface area contributed by atoms with Gasteiger partial charge >= 0.3 is 0 Å². The van der Waals surface area contributed by atoms with Crippen molar-refractivity contribution in [1.82, 2.24) is 5.32 Å². The molecule has 0 heterocycles. The summed E-state index contributed by atoms with van der Waals surface area (Å²) in [5, 5.41) is 3.55. The molecule has 0 spiro atoms. The molecule has 1 aromatic rings. The highest BCUT2D eigenvalue weighted by Gasteiger charge is 2.27. The molecule has 0 saturated heterocycles. The summed E-state index contributed by atoms with van der Waals surface area (Å²) in [4.78, 5) is 0. The van der Waals surface area contributed by atoms with Crippen molar-refractivity contribution in [2.45, 2.75) is 52.0 Å². The van der Waals surface area contributed by atoms with E-state index in [4.69, 9.17) is 0 Å². The van der Waals surface area contributed by atoms with Gasteiger partial charge in [-0.1, -0.05) is 54.2 Å². The fourth-order valence-corrected chi connectivity index (χ4v) is 3.71. The largest absolute Gasteiger partial charge is 0.313 e.